The fourth-order valence-electron chi connectivity index (χ4n) is 1.53. The molecule has 0 aliphatic rings. The Morgan fingerprint density at radius 2 is 1.10 bits per heavy atom. The Morgan fingerprint density at radius 1 is 0.750 bits per heavy atom. The lowest BCUT2D eigenvalue weighted by Gasteiger charge is -2.03. The van der Waals surface area contributed by atoms with E-state index in [1.807, 2.05) is 13.8 Å². The second-order valence-corrected chi connectivity index (χ2v) is 4.95. The number of hydrogen-bond donors (Lipinski definition) is 0. The van der Waals surface area contributed by atoms with Gasteiger partial charge >= 0.3 is 11.9 Å². The van der Waals surface area contributed by atoms with Crippen molar-refractivity contribution in [1.82, 2.24) is 0 Å². The standard InChI is InChI=1S/C16H26O4/c1-13(11-19-15(3)17)9-7-5-6-8-10-14(2)12-20-16(4)18/h9-10H,5-8,11-12H2,1-4H3/b13-9+,14-10+. The first-order valence-electron chi connectivity index (χ1n) is 6.99. The van der Waals surface area contributed by atoms with Crippen LogP contribution in [0.5, 0.6) is 0 Å². The van der Waals surface area contributed by atoms with Gasteiger partial charge in [0.2, 0.25) is 0 Å². The molecule has 0 unspecified atom stereocenters. The van der Waals surface area contributed by atoms with Crippen LogP contribution in [0.3, 0.4) is 0 Å². The zero-order valence-electron chi connectivity index (χ0n) is 13.0. The molecular weight excluding hydrogens is 256 g/mol. The van der Waals surface area contributed by atoms with E-state index in [0.717, 1.165) is 36.8 Å². The van der Waals surface area contributed by atoms with Crippen LogP contribution in [0.4, 0.5) is 0 Å². The van der Waals surface area contributed by atoms with Gasteiger partial charge in [0, 0.05) is 13.8 Å². The van der Waals surface area contributed by atoms with Crippen LogP contribution in [0, 0.1) is 0 Å². The molecule has 0 spiro atoms. The van der Waals surface area contributed by atoms with E-state index in [4.69, 9.17) is 9.47 Å². The maximum atomic E-state index is 10.6. The summed E-state index contributed by atoms with van der Waals surface area (Å²) in [6.45, 7) is 7.53. The van der Waals surface area contributed by atoms with E-state index in [2.05, 4.69) is 12.2 Å². The van der Waals surface area contributed by atoms with Crippen LogP contribution in [0.25, 0.3) is 0 Å². The van der Waals surface area contributed by atoms with Gasteiger partial charge in [0.15, 0.2) is 0 Å². The molecule has 0 aromatic rings. The summed E-state index contributed by atoms with van der Waals surface area (Å²) in [5.74, 6) is -0.489. The predicted molar refractivity (Wildman–Crippen MR) is 79.2 cm³/mol. The van der Waals surface area contributed by atoms with Gasteiger partial charge in [-0.25, -0.2) is 0 Å². The third kappa shape index (κ3) is 12.9. The second-order valence-electron chi connectivity index (χ2n) is 4.95. The van der Waals surface area contributed by atoms with Gasteiger partial charge < -0.3 is 9.47 Å². The Kier molecular flexibility index (Phi) is 10.4. The van der Waals surface area contributed by atoms with E-state index in [9.17, 15) is 9.59 Å². The van der Waals surface area contributed by atoms with E-state index in [0.29, 0.717) is 13.2 Å². The number of allylic oxidation sites excluding steroid dienone is 2. The van der Waals surface area contributed by atoms with E-state index in [1.165, 1.54) is 13.8 Å². The third-order valence-electron chi connectivity index (χ3n) is 2.65. The molecule has 0 aromatic carbocycles. The van der Waals surface area contributed by atoms with Gasteiger partial charge in [-0.15, -0.1) is 0 Å². The van der Waals surface area contributed by atoms with Gasteiger partial charge in [-0.2, -0.15) is 0 Å². The monoisotopic (exact) mass is 282 g/mol. The van der Waals surface area contributed by atoms with Gasteiger partial charge in [-0.05, 0) is 50.7 Å². The largest absolute Gasteiger partial charge is 0.461 e. The summed E-state index contributed by atoms with van der Waals surface area (Å²) in [6.07, 6.45) is 8.38. The summed E-state index contributed by atoms with van der Waals surface area (Å²) in [5.41, 5.74) is 2.17. The number of carbonyl (C=O) groups excluding carboxylic acids is 2. The predicted octanol–water partition coefficient (Wildman–Crippen LogP) is 3.57. The highest BCUT2D eigenvalue weighted by molar-refractivity contribution is 5.66. The summed E-state index contributed by atoms with van der Waals surface area (Å²) >= 11 is 0. The van der Waals surface area contributed by atoms with Gasteiger partial charge in [0.05, 0.1) is 0 Å². The van der Waals surface area contributed by atoms with Gasteiger partial charge in [0.1, 0.15) is 13.2 Å². The first kappa shape index (κ1) is 18.4. The fourth-order valence-corrected chi connectivity index (χ4v) is 1.53. The smallest absolute Gasteiger partial charge is 0.302 e. The number of esters is 2. The molecule has 0 heterocycles. The summed E-state index contributed by atoms with van der Waals surface area (Å²) in [7, 11) is 0. The molecule has 0 aliphatic carbocycles. The average molecular weight is 282 g/mol. The van der Waals surface area contributed by atoms with Crippen LogP contribution in [0.1, 0.15) is 53.4 Å². The van der Waals surface area contributed by atoms with Crippen LogP contribution in [0.15, 0.2) is 23.3 Å². The maximum Gasteiger partial charge on any atom is 0.302 e. The SMILES string of the molecule is CC(=O)OC/C(C)=C/CCCC/C=C(\C)COC(C)=O. The number of rotatable bonds is 9. The highest BCUT2D eigenvalue weighted by atomic mass is 16.5. The van der Waals surface area contributed by atoms with Gasteiger partial charge in [-0.1, -0.05) is 12.2 Å². The Bertz CT molecular complexity index is 331. The molecule has 0 fully saturated rings. The first-order valence-corrected chi connectivity index (χ1v) is 6.99. The first-order chi connectivity index (χ1) is 9.41. The number of hydrogen-bond acceptors (Lipinski definition) is 4. The molecule has 0 N–H and O–H groups in total. The van der Waals surface area contributed by atoms with Crippen LogP contribution in [-0.2, 0) is 19.1 Å². The van der Waals surface area contributed by atoms with Crippen molar-refractivity contribution in [2.75, 3.05) is 13.2 Å². The van der Waals surface area contributed by atoms with Crippen molar-refractivity contribution < 1.29 is 19.1 Å². The lowest BCUT2D eigenvalue weighted by Crippen LogP contribution is -2.01. The van der Waals surface area contributed by atoms with Crippen molar-refractivity contribution in [3.63, 3.8) is 0 Å². The Labute approximate surface area is 121 Å². The molecule has 0 radical (unpaired) electrons. The Balaban J connectivity index is 3.65. The van der Waals surface area contributed by atoms with E-state index >= 15 is 0 Å². The molecule has 0 amide bonds. The molecule has 20 heavy (non-hydrogen) atoms. The van der Waals surface area contributed by atoms with E-state index < -0.39 is 0 Å². The molecule has 0 saturated carbocycles. The van der Waals surface area contributed by atoms with Crippen molar-refractivity contribution in [2.24, 2.45) is 0 Å². The normalized spacial score (nSPS) is 12.2. The highest BCUT2D eigenvalue weighted by Gasteiger charge is 1.95. The van der Waals surface area contributed by atoms with Crippen LogP contribution in [0.2, 0.25) is 0 Å². The molecule has 4 heteroatoms. The molecule has 0 bridgehead atoms. The van der Waals surface area contributed by atoms with E-state index in [1.54, 1.807) is 0 Å². The van der Waals surface area contributed by atoms with Crippen LogP contribution >= 0.6 is 0 Å². The van der Waals surface area contributed by atoms with E-state index in [-0.39, 0.29) is 11.9 Å². The van der Waals surface area contributed by atoms with Crippen molar-refractivity contribution in [2.45, 2.75) is 53.4 Å². The molecule has 0 atom stereocenters. The lowest BCUT2D eigenvalue weighted by atomic mass is 10.1. The highest BCUT2D eigenvalue weighted by Crippen LogP contribution is 2.07. The maximum absolute atomic E-state index is 10.6. The van der Waals surface area contributed by atoms with Crippen molar-refractivity contribution in [3.05, 3.63) is 23.3 Å². The lowest BCUT2D eigenvalue weighted by molar-refractivity contribution is -0.140. The number of unbranched alkanes of at least 4 members (excludes halogenated alkanes) is 3. The van der Waals surface area contributed by atoms with Crippen molar-refractivity contribution in [1.29, 1.82) is 0 Å². The number of carbonyl (C=O) groups is 2. The molecule has 0 rings (SSSR count). The minimum absolute atomic E-state index is 0.244. The summed E-state index contributed by atoms with van der Waals surface area (Å²) in [4.78, 5) is 21.3. The number of ether oxygens (including phenoxy) is 2. The quantitative estimate of drug-likeness (QED) is 0.368. The molecule has 0 aromatic heterocycles. The fraction of sp³-hybridized carbons (Fsp3) is 0.625. The molecule has 4 nitrogen and oxygen atoms in total. The molecule has 0 saturated heterocycles. The van der Waals surface area contributed by atoms with Gasteiger partial charge in [-0.3, -0.25) is 9.59 Å². The Hall–Kier alpha value is -1.58. The Morgan fingerprint density at radius 3 is 1.40 bits per heavy atom. The molecule has 114 valence electrons. The average Bonchev–Trinajstić information content (AvgIpc) is 2.37. The molecule has 0 aliphatic heterocycles. The third-order valence-corrected chi connectivity index (χ3v) is 2.65. The second kappa shape index (κ2) is 11.3. The zero-order valence-corrected chi connectivity index (χ0v) is 13.0. The summed E-state index contributed by atoms with van der Waals surface area (Å²) < 4.78 is 9.80. The summed E-state index contributed by atoms with van der Waals surface area (Å²) in [6, 6.07) is 0. The summed E-state index contributed by atoms with van der Waals surface area (Å²) in [5, 5.41) is 0. The van der Waals surface area contributed by atoms with Crippen molar-refractivity contribution >= 4 is 11.9 Å². The van der Waals surface area contributed by atoms with Crippen molar-refractivity contribution in [3.8, 4) is 0 Å². The minimum atomic E-state index is -0.244. The van der Waals surface area contributed by atoms with Gasteiger partial charge in [0.25, 0.3) is 0 Å². The van der Waals surface area contributed by atoms with Crippen LogP contribution < -0.4 is 0 Å². The zero-order chi connectivity index (χ0) is 15.4. The molecular formula is C16H26O4. The topological polar surface area (TPSA) is 52.6 Å². The minimum Gasteiger partial charge on any atom is -0.461 e. The van der Waals surface area contributed by atoms with Crippen LogP contribution in [-0.4, -0.2) is 25.2 Å².